The van der Waals surface area contributed by atoms with E-state index in [1.165, 1.54) is 18.2 Å². The third kappa shape index (κ3) is 2.19. The largest absolute Gasteiger partial charge is 0.456 e. The van der Waals surface area contributed by atoms with Gasteiger partial charge in [0.05, 0.1) is 5.39 Å². The lowest BCUT2D eigenvalue weighted by Crippen LogP contribution is -2.35. The van der Waals surface area contributed by atoms with E-state index < -0.39 is 11.3 Å². The number of halogens is 1. The topological polar surface area (TPSA) is 61.4 Å². The van der Waals surface area contributed by atoms with E-state index in [1.807, 2.05) is 0 Å². The van der Waals surface area contributed by atoms with Crippen molar-refractivity contribution in [2.45, 2.75) is 0 Å². The maximum atomic E-state index is 12.2. The molecule has 0 radical (unpaired) electrons. The maximum Gasteiger partial charge on any atom is 0.456 e. The fraction of sp³-hybridized carbons (Fsp3) is 0. The highest BCUT2D eigenvalue weighted by atomic mass is 35.5. The van der Waals surface area contributed by atoms with Gasteiger partial charge in [-0.05, 0) is 24.3 Å². The third-order valence-corrected chi connectivity index (χ3v) is 2.90. The Morgan fingerprint density at radius 1 is 1.05 bits per heavy atom. The van der Waals surface area contributed by atoms with Crippen LogP contribution in [0.2, 0.25) is 5.02 Å². The van der Waals surface area contributed by atoms with Crippen molar-refractivity contribution in [2.24, 2.45) is 0 Å². The molecule has 3 rings (SSSR count). The van der Waals surface area contributed by atoms with Crippen molar-refractivity contribution in [1.82, 2.24) is 4.73 Å². The number of hydrogen-bond donors (Lipinski definition) is 0. The number of aromatic nitrogens is 1. The highest BCUT2D eigenvalue weighted by molar-refractivity contribution is 6.31. The van der Waals surface area contributed by atoms with E-state index in [0.717, 1.165) is 0 Å². The van der Waals surface area contributed by atoms with Gasteiger partial charge in [-0.15, -0.1) is 0 Å². The molecule has 3 aromatic rings. The zero-order chi connectivity index (χ0) is 14.1. The lowest BCUT2D eigenvalue weighted by atomic mass is 10.2. The van der Waals surface area contributed by atoms with Gasteiger partial charge in [-0.1, -0.05) is 34.5 Å². The number of benzene rings is 2. The lowest BCUT2D eigenvalue weighted by Gasteiger charge is -2.06. The van der Waals surface area contributed by atoms with Crippen molar-refractivity contribution in [3.63, 3.8) is 0 Å². The summed E-state index contributed by atoms with van der Waals surface area (Å²) in [7, 11) is 0. The molecule has 0 aliphatic rings. The summed E-state index contributed by atoms with van der Waals surface area (Å²) in [5.74, 6) is -0.552. The molecular formula is C14H8ClNO4. The van der Waals surface area contributed by atoms with Crippen LogP contribution in [0.3, 0.4) is 0 Å². The van der Waals surface area contributed by atoms with Gasteiger partial charge in [0.2, 0.25) is 0 Å². The molecule has 0 saturated heterocycles. The molecule has 0 atom stereocenters. The highest BCUT2D eigenvalue weighted by Gasteiger charge is 2.11. The molecule has 0 aliphatic carbocycles. The lowest BCUT2D eigenvalue weighted by molar-refractivity contribution is 0.168. The molecule has 1 heterocycles. The molecule has 6 heteroatoms. The molecule has 100 valence electrons. The van der Waals surface area contributed by atoms with Gasteiger partial charge in [0.1, 0.15) is 5.58 Å². The zero-order valence-corrected chi connectivity index (χ0v) is 10.8. The van der Waals surface area contributed by atoms with Crippen LogP contribution in [-0.4, -0.2) is 4.73 Å². The molecular weight excluding hydrogens is 282 g/mol. The van der Waals surface area contributed by atoms with Crippen LogP contribution in [0.25, 0.3) is 11.0 Å². The molecule has 0 fully saturated rings. The van der Waals surface area contributed by atoms with Gasteiger partial charge in [0.15, 0.2) is 5.75 Å². The number of fused-ring (bicyclic) bond motifs is 1. The Morgan fingerprint density at radius 3 is 2.55 bits per heavy atom. The quantitative estimate of drug-likeness (QED) is 0.727. The zero-order valence-electron chi connectivity index (χ0n) is 10.1. The molecule has 1 aromatic heterocycles. The first-order valence-electron chi connectivity index (χ1n) is 5.74. The van der Waals surface area contributed by atoms with Crippen LogP contribution in [0.1, 0.15) is 0 Å². The summed E-state index contributed by atoms with van der Waals surface area (Å²) in [6, 6.07) is 12.9. The van der Waals surface area contributed by atoms with Crippen molar-refractivity contribution in [3.8, 4) is 5.75 Å². The Hall–Kier alpha value is -2.53. The molecule has 0 amide bonds. The molecule has 0 aliphatic heterocycles. The summed E-state index contributed by atoms with van der Waals surface area (Å²) in [5, 5.41) is 0.590. The first kappa shape index (κ1) is 12.5. The second-order valence-corrected chi connectivity index (χ2v) is 4.45. The summed E-state index contributed by atoms with van der Waals surface area (Å²) >= 11 is 5.79. The number of rotatable bonds is 2. The second-order valence-electron chi connectivity index (χ2n) is 4.01. The van der Waals surface area contributed by atoms with Gasteiger partial charge in [0, 0.05) is 11.1 Å². The SMILES string of the molecule is O=c1oc2cc(Cl)ccc2c(=O)n1Oc1ccccc1. The Kier molecular flexibility index (Phi) is 3.04. The number of para-hydroxylation sites is 1. The van der Waals surface area contributed by atoms with Crippen LogP contribution in [0, 0.1) is 0 Å². The van der Waals surface area contributed by atoms with E-state index in [2.05, 4.69) is 0 Å². The van der Waals surface area contributed by atoms with Crippen molar-refractivity contribution >= 4 is 22.6 Å². The molecule has 0 spiro atoms. The van der Waals surface area contributed by atoms with Gasteiger partial charge in [-0.2, -0.15) is 0 Å². The standard InChI is InChI=1S/C14H8ClNO4/c15-9-6-7-11-12(8-9)19-14(18)16(13(11)17)20-10-4-2-1-3-5-10/h1-8H. The molecule has 0 N–H and O–H groups in total. The number of hydrogen-bond acceptors (Lipinski definition) is 4. The Morgan fingerprint density at radius 2 is 1.80 bits per heavy atom. The van der Waals surface area contributed by atoms with Gasteiger partial charge in [-0.3, -0.25) is 4.79 Å². The van der Waals surface area contributed by atoms with Gasteiger partial charge in [-0.25, -0.2) is 4.79 Å². The maximum absolute atomic E-state index is 12.2. The molecule has 20 heavy (non-hydrogen) atoms. The molecule has 0 saturated carbocycles. The molecule has 5 nitrogen and oxygen atoms in total. The van der Waals surface area contributed by atoms with Crippen molar-refractivity contribution < 1.29 is 9.25 Å². The smallest absolute Gasteiger partial charge is 0.407 e. The third-order valence-electron chi connectivity index (χ3n) is 2.66. The van der Waals surface area contributed by atoms with E-state index in [1.54, 1.807) is 30.3 Å². The minimum atomic E-state index is -0.909. The van der Waals surface area contributed by atoms with Crippen LogP contribution >= 0.6 is 11.6 Å². The minimum absolute atomic E-state index is 0.125. The van der Waals surface area contributed by atoms with Crippen molar-refractivity contribution in [1.29, 1.82) is 0 Å². The Labute approximate surface area is 117 Å². The monoisotopic (exact) mass is 289 g/mol. The van der Waals surface area contributed by atoms with E-state index in [-0.39, 0.29) is 11.0 Å². The van der Waals surface area contributed by atoms with E-state index in [0.29, 0.717) is 15.5 Å². The predicted octanol–water partition coefficient (Wildman–Crippen LogP) is 2.45. The number of nitrogens with zero attached hydrogens (tertiary/aromatic N) is 1. The van der Waals surface area contributed by atoms with Crippen LogP contribution in [-0.2, 0) is 0 Å². The summed E-state index contributed by atoms with van der Waals surface area (Å²) in [6.07, 6.45) is 0. The van der Waals surface area contributed by atoms with Gasteiger partial charge < -0.3 is 9.25 Å². The molecule has 0 unspecified atom stereocenters. The average molecular weight is 290 g/mol. The second kappa shape index (κ2) is 4.86. The predicted molar refractivity (Wildman–Crippen MR) is 74.2 cm³/mol. The van der Waals surface area contributed by atoms with Crippen LogP contribution in [0.5, 0.6) is 5.75 Å². The van der Waals surface area contributed by atoms with Crippen molar-refractivity contribution in [3.05, 3.63) is 74.5 Å². The summed E-state index contributed by atoms with van der Waals surface area (Å²) < 4.78 is 5.60. The fourth-order valence-corrected chi connectivity index (χ4v) is 1.91. The van der Waals surface area contributed by atoms with Crippen LogP contribution in [0.15, 0.2) is 62.5 Å². The average Bonchev–Trinajstić information content (AvgIpc) is 2.44. The van der Waals surface area contributed by atoms with Gasteiger partial charge in [0.25, 0.3) is 0 Å². The first-order valence-corrected chi connectivity index (χ1v) is 6.12. The Bertz CT molecular complexity index is 883. The summed E-state index contributed by atoms with van der Waals surface area (Å²) in [5.41, 5.74) is -0.475. The highest BCUT2D eigenvalue weighted by Crippen LogP contribution is 2.15. The van der Waals surface area contributed by atoms with E-state index in [4.69, 9.17) is 20.9 Å². The summed E-state index contributed by atoms with van der Waals surface area (Å²) in [6.45, 7) is 0. The van der Waals surface area contributed by atoms with Crippen molar-refractivity contribution in [2.75, 3.05) is 0 Å². The minimum Gasteiger partial charge on any atom is -0.407 e. The van der Waals surface area contributed by atoms with Gasteiger partial charge >= 0.3 is 11.3 Å². The van der Waals surface area contributed by atoms with E-state index in [9.17, 15) is 9.59 Å². The first-order chi connectivity index (χ1) is 9.65. The van der Waals surface area contributed by atoms with E-state index >= 15 is 0 Å². The molecule has 2 aromatic carbocycles. The molecule has 0 bridgehead atoms. The van der Waals surface area contributed by atoms with Crippen LogP contribution < -0.4 is 16.2 Å². The normalized spacial score (nSPS) is 10.7. The Balaban J connectivity index is 2.19. The van der Waals surface area contributed by atoms with Crippen LogP contribution in [0.4, 0.5) is 0 Å². The summed E-state index contributed by atoms with van der Waals surface area (Å²) in [4.78, 5) is 29.2. The fourth-order valence-electron chi connectivity index (χ4n) is 1.75.